The second-order valence-electron chi connectivity index (χ2n) is 5.05. The molecule has 0 bridgehead atoms. The van der Waals surface area contributed by atoms with E-state index >= 15 is 0 Å². The third-order valence-electron chi connectivity index (χ3n) is 3.61. The summed E-state index contributed by atoms with van der Waals surface area (Å²) in [5, 5.41) is 3.51. The van der Waals surface area contributed by atoms with Crippen LogP contribution >= 0.6 is 11.6 Å². The van der Waals surface area contributed by atoms with Gasteiger partial charge in [0, 0.05) is 18.2 Å². The molecule has 0 aromatic heterocycles. The molecule has 1 aromatic carbocycles. The number of aryl methyl sites for hydroxylation is 1. The number of carbonyl (C=O) groups excluding carboxylic acids is 1. The minimum Gasteiger partial charge on any atom is -0.496 e. The van der Waals surface area contributed by atoms with Crippen molar-refractivity contribution in [3.8, 4) is 5.75 Å². The van der Waals surface area contributed by atoms with Crippen molar-refractivity contribution in [2.24, 2.45) is 0 Å². The summed E-state index contributed by atoms with van der Waals surface area (Å²) in [5.41, 5.74) is 2.14. The van der Waals surface area contributed by atoms with Crippen LogP contribution < -0.4 is 10.1 Å². The first-order valence-electron chi connectivity index (χ1n) is 6.78. The van der Waals surface area contributed by atoms with Crippen LogP contribution in [0.5, 0.6) is 5.75 Å². The van der Waals surface area contributed by atoms with Crippen molar-refractivity contribution >= 4 is 17.5 Å². The van der Waals surface area contributed by atoms with E-state index in [4.69, 9.17) is 21.1 Å². The summed E-state index contributed by atoms with van der Waals surface area (Å²) in [6.45, 7) is 5.02. The van der Waals surface area contributed by atoms with Gasteiger partial charge < -0.3 is 14.8 Å². The van der Waals surface area contributed by atoms with Crippen LogP contribution in [-0.2, 0) is 4.74 Å². The summed E-state index contributed by atoms with van der Waals surface area (Å²) in [6, 6.07) is 1.79. The SMILES string of the molecule is COc1cc(C)c(Cl)c(C)c1C(=O)NCC1CCCO1. The van der Waals surface area contributed by atoms with Crippen LogP contribution in [0.2, 0.25) is 5.02 Å². The van der Waals surface area contributed by atoms with Crippen molar-refractivity contribution in [3.63, 3.8) is 0 Å². The van der Waals surface area contributed by atoms with Gasteiger partial charge in [-0.1, -0.05) is 11.6 Å². The Morgan fingerprint density at radius 2 is 2.30 bits per heavy atom. The summed E-state index contributed by atoms with van der Waals surface area (Å²) < 4.78 is 10.8. The molecule has 20 heavy (non-hydrogen) atoms. The van der Waals surface area contributed by atoms with Crippen LogP contribution in [0, 0.1) is 13.8 Å². The Labute approximate surface area is 124 Å². The first kappa shape index (κ1) is 15.1. The Bertz CT molecular complexity index is 510. The van der Waals surface area contributed by atoms with E-state index < -0.39 is 0 Å². The number of halogens is 1. The average molecular weight is 298 g/mol. The lowest BCUT2D eigenvalue weighted by atomic mass is 10.0. The molecule has 1 heterocycles. The van der Waals surface area contributed by atoms with Gasteiger partial charge in [-0.3, -0.25) is 4.79 Å². The number of rotatable bonds is 4. The van der Waals surface area contributed by atoms with E-state index in [2.05, 4.69) is 5.32 Å². The number of amides is 1. The summed E-state index contributed by atoms with van der Waals surface area (Å²) >= 11 is 6.22. The van der Waals surface area contributed by atoms with Gasteiger partial charge in [0.15, 0.2) is 0 Å². The third-order valence-corrected chi connectivity index (χ3v) is 4.19. The maximum absolute atomic E-state index is 12.4. The third kappa shape index (κ3) is 3.07. The first-order valence-corrected chi connectivity index (χ1v) is 7.16. The fraction of sp³-hybridized carbons (Fsp3) is 0.533. The molecule has 1 aromatic rings. The van der Waals surface area contributed by atoms with E-state index in [1.165, 1.54) is 0 Å². The monoisotopic (exact) mass is 297 g/mol. The Hall–Kier alpha value is -1.26. The molecule has 1 amide bonds. The summed E-state index contributed by atoms with van der Waals surface area (Å²) in [6.07, 6.45) is 2.16. The lowest BCUT2D eigenvalue weighted by Crippen LogP contribution is -2.32. The molecule has 1 aliphatic heterocycles. The first-order chi connectivity index (χ1) is 9.54. The molecule has 1 saturated heterocycles. The van der Waals surface area contributed by atoms with Crippen molar-refractivity contribution in [2.45, 2.75) is 32.8 Å². The van der Waals surface area contributed by atoms with E-state index in [0.717, 1.165) is 30.6 Å². The molecule has 4 nitrogen and oxygen atoms in total. The maximum Gasteiger partial charge on any atom is 0.255 e. The van der Waals surface area contributed by atoms with Gasteiger partial charge in [0.2, 0.25) is 0 Å². The lowest BCUT2D eigenvalue weighted by molar-refractivity contribution is 0.0855. The van der Waals surface area contributed by atoms with Gasteiger partial charge in [-0.25, -0.2) is 0 Å². The van der Waals surface area contributed by atoms with Gasteiger partial charge in [-0.15, -0.1) is 0 Å². The molecule has 1 aliphatic rings. The molecule has 0 aliphatic carbocycles. The van der Waals surface area contributed by atoms with Crippen LogP contribution in [0.25, 0.3) is 0 Å². The molecule has 2 rings (SSSR count). The van der Waals surface area contributed by atoms with Crippen LogP contribution in [0.4, 0.5) is 0 Å². The minimum atomic E-state index is -0.170. The van der Waals surface area contributed by atoms with Crippen molar-refractivity contribution in [3.05, 3.63) is 27.8 Å². The van der Waals surface area contributed by atoms with Gasteiger partial charge in [0.25, 0.3) is 5.91 Å². The normalized spacial score (nSPS) is 18.1. The van der Waals surface area contributed by atoms with Crippen LogP contribution in [-0.4, -0.2) is 32.3 Å². The largest absolute Gasteiger partial charge is 0.496 e. The predicted molar refractivity (Wildman–Crippen MR) is 78.8 cm³/mol. The van der Waals surface area contributed by atoms with E-state index in [1.807, 2.05) is 13.8 Å². The highest BCUT2D eigenvalue weighted by atomic mass is 35.5. The Kier molecular flexibility index (Phi) is 4.89. The van der Waals surface area contributed by atoms with Crippen LogP contribution in [0.15, 0.2) is 6.07 Å². The molecule has 0 radical (unpaired) electrons. The fourth-order valence-electron chi connectivity index (χ4n) is 2.47. The number of nitrogens with one attached hydrogen (secondary N) is 1. The molecular weight excluding hydrogens is 278 g/mol. The van der Waals surface area contributed by atoms with Crippen molar-refractivity contribution < 1.29 is 14.3 Å². The van der Waals surface area contributed by atoms with Gasteiger partial charge >= 0.3 is 0 Å². The summed E-state index contributed by atoms with van der Waals surface area (Å²) in [4.78, 5) is 12.4. The zero-order valence-electron chi connectivity index (χ0n) is 12.1. The topological polar surface area (TPSA) is 47.6 Å². The van der Waals surface area contributed by atoms with Crippen molar-refractivity contribution in [1.82, 2.24) is 5.32 Å². The highest BCUT2D eigenvalue weighted by Crippen LogP contribution is 2.31. The van der Waals surface area contributed by atoms with Crippen LogP contribution in [0.3, 0.4) is 0 Å². The number of methoxy groups -OCH3 is 1. The highest BCUT2D eigenvalue weighted by molar-refractivity contribution is 6.32. The van der Waals surface area contributed by atoms with Gasteiger partial charge in [-0.05, 0) is 43.9 Å². The van der Waals surface area contributed by atoms with E-state index in [0.29, 0.717) is 22.9 Å². The zero-order valence-corrected chi connectivity index (χ0v) is 12.8. The summed E-state index contributed by atoms with van der Waals surface area (Å²) in [7, 11) is 1.55. The lowest BCUT2D eigenvalue weighted by Gasteiger charge is -2.16. The van der Waals surface area contributed by atoms with E-state index in [-0.39, 0.29) is 12.0 Å². The van der Waals surface area contributed by atoms with Gasteiger partial charge in [-0.2, -0.15) is 0 Å². The van der Waals surface area contributed by atoms with Crippen molar-refractivity contribution in [2.75, 3.05) is 20.3 Å². The summed E-state index contributed by atoms with van der Waals surface area (Å²) in [5.74, 6) is 0.381. The molecule has 1 unspecified atom stereocenters. The second kappa shape index (κ2) is 6.46. The smallest absolute Gasteiger partial charge is 0.255 e. The quantitative estimate of drug-likeness (QED) is 0.929. The number of hydrogen-bond acceptors (Lipinski definition) is 3. The fourth-order valence-corrected chi connectivity index (χ4v) is 2.61. The molecule has 0 saturated carbocycles. The molecule has 110 valence electrons. The van der Waals surface area contributed by atoms with Gasteiger partial charge in [0.1, 0.15) is 5.75 Å². The average Bonchev–Trinajstić information content (AvgIpc) is 2.95. The van der Waals surface area contributed by atoms with E-state index in [1.54, 1.807) is 13.2 Å². The van der Waals surface area contributed by atoms with E-state index in [9.17, 15) is 4.79 Å². The minimum absolute atomic E-state index is 0.117. The highest BCUT2D eigenvalue weighted by Gasteiger charge is 2.21. The second-order valence-corrected chi connectivity index (χ2v) is 5.43. The zero-order chi connectivity index (χ0) is 14.7. The molecular formula is C15H20ClNO3. The maximum atomic E-state index is 12.4. The van der Waals surface area contributed by atoms with Crippen LogP contribution in [0.1, 0.15) is 34.3 Å². The standard InChI is InChI=1S/C15H20ClNO3/c1-9-7-12(19-3)13(10(2)14(9)16)15(18)17-8-11-5-4-6-20-11/h7,11H,4-6,8H2,1-3H3,(H,17,18). The molecule has 5 heteroatoms. The molecule has 1 fully saturated rings. The number of hydrogen-bond donors (Lipinski definition) is 1. The number of benzene rings is 1. The number of ether oxygens (including phenoxy) is 2. The predicted octanol–water partition coefficient (Wildman–Crippen LogP) is 2.87. The Morgan fingerprint density at radius 3 is 2.90 bits per heavy atom. The Balaban J connectivity index is 2.17. The molecule has 1 N–H and O–H groups in total. The molecule has 1 atom stereocenters. The van der Waals surface area contributed by atoms with Crippen molar-refractivity contribution in [1.29, 1.82) is 0 Å². The Morgan fingerprint density at radius 1 is 1.55 bits per heavy atom. The van der Waals surface area contributed by atoms with Gasteiger partial charge in [0.05, 0.1) is 18.8 Å². The molecule has 0 spiro atoms. The number of carbonyl (C=O) groups is 1.